The van der Waals surface area contributed by atoms with Crippen molar-refractivity contribution in [2.24, 2.45) is 5.73 Å². The third-order valence-corrected chi connectivity index (χ3v) is 7.51. The van der Waals surface area contributed by atoms with Crippen molar-refractivity contribution in [3.63, 3.8) is 0 Å². The van der Waals surface area contributed by atoms with Gasteiger partial charge in [-0.15, -0.1) is 0 Å². The quantitative estimate of drug-likeness (QED) is 0.307. The summed E-state index contributed by atoms with van der Waals surface area (Å²) in [6, 6.07) is 15.3. The van der Waals surface area contributed by atoms with E-state index >= 15 is 0 Å². The molecule has 2 aromatic carbocycles. The molecule has 1 aliphatic heterocycles. The van der Waals surface area contributed by atoms with Crippen LogP contribution >= 0.6 is 11.5 Å². The zero-order valence-electron chi connectivity index (χ0n) is 21.3. The van der Waals surface area contributed by atoms with Crippen LogP contribution in [-0.2, 0) is 9.53 Å². The molecular formula is C28H28N6O4S. The van der Waals surface area contributed by atoms with E-state index in [1.165, 1.54) is 4.90 Å². The van der Waals surface area contributed by atoms with Crippen molar-refractivity contribution in [1.29, 1.82) is 0 Å². The van der Waals surface area contributed by atoms with Gasteiger partial charge in [0.1, 0.15) is 10.9 Å². The normalized spacial score (nSPS) is 15.7. The number of fused-ring (bicyclic) bond motifs is 1. The van der Waals surface area contributed by atoms with E-state index < -0.39 is 17.9 Å². The molecular weight excluding hydrogens is 516 g/mol. The van der Waals surface area contributed by atoms with Crippen LogP contribution in [0.3, 0.4) is 0 Å². The van der Waals surface area contributed by atoms with Crippen molar-refractivity contribution in [1.82, 2.24) is 14.7 Å². The molecule has 39 heavy (non-hydrogen) atoms. The summed E-state index contributed by atoms with van der Waals surface area (Å²) in [5.41, 5.74) is 14.0. The molecule has 0 unspecified atom stereocenters. The fourth-order valence-electron chi connectivity index (χ4n) is 4.63. The maximum Gasteiger partial charge on any atom is 0.273 e. The molecule has 1 saturated heterocycles. The highest BCUT2D eigenvalue weighted by molar-refractivity contribution is 7.09. The Labute approximate surface area is 229 Å². The maximum atomic E-state index is 14.2. The van der Waals surface area contributed by atoms with Crippen LogP contribution in [-0.4, -0.2) is 46.3 Å². The number of hydrogen-bond acceptors (Lipinski definition) is 8. The molecule has 3 amide bonds. The number of hydrogen-bond donors (Lipinski definition) is 3. The van der Waals surface area contributed by atoms with Crippen LogP contribution in [0.4, 0.5) is 11.4 Å². The summed E-state index contributed by atoms with van der Waals surface area (Å²) in [5, 5.41) is 3.80. The first-order valence-corrected chi connectivity index (χ1v) is 13.3. The molecule has 5 N–H and O–H groups in total. The Bertz CT molecular complexity index is 1530. The molecule has 0 spiro atoms. The van der Waals surface area contributed by atoms with Gasteiger partial charge in [-0.3, -0.25) is 24.3 Å². The second-order valence-electron chi connectivity index (χ2n) is 9.39. The van der Waals surface area contributed by atoms with E-state index in [0.29, 0.717) is 24.4 Å². The van der Waals surface area contributed by atoms with Gasteiger partial charge in [-0.2, -0.15) is 4.37 Å². The van der Waals surface area contributed by atoms with Gasteiger partial charge in [0.05, 0.1) is 17.3 Å². The predicted molar refractivity (Wildman–Crippen MR) is 150 cm³/mol. The van der Waals surface area contributed by atoms with E-state index in [2.05, 4.69) is 14.7 Å². The van der Waals surface area contributed by atoms with Gasteiger partial charge in [0.15, 0.2) is 5.69 Å². The second kappa shape index (κ2) is 11.2. The van der Waals surface area contributed by atoms with Gasteiger partial charge < -0.3 is 21.5 Å². The Balaban J connectivity index is 1.63. The fraction of sp³-hybridized carbons (Fsp3) is 0.250. The summed E-state index contributed by atoms with van der Waals surface area (Å²) in [6.45, 7) is 2.90. The number of nitrogens with two attached hydrogens (primary N) is 2. The highest BCUT2D eigenvalue weighted by Gasteiger charge is 2.36. The lowest BCUT2D eigenvalue weighted by Crippen LogP contribution is -2.45. The monoisotopic (exact) mass is 544 g/mol. The van der Waals surface area contributed by atoms with Crippen LogP contribution in [0.2, 0.25) is 0 Å². The number of nitrogens with one attached hydrogen (secondary N) is 1. The number of benzene rings is 2. The van der Waals surface area contributed by atoms with Gasteiger partial charge in [-0.25, -0.2) is 0 Å². The lowest BCUT2D eigenvalue weighted by molar-refractivity contribution is -0.123. The van der Waals surface area contributed by atoms with Gasteiger partial charge >= 0.3 is 0 Å². The number of aryl methyl sites for hydroxylation is 1. The zero-order chi connectivity index (χ0) is 27.5. The highest BCUT2D eigenvalue weighted by atomic mass is 32.1. The Hall–Kier alpha value is -4.35. The molecule has 4 aromatic rings. The number of pyridine rings is 1. The van der Waals surface area contributed by atoms with Gasteiger partial charge in [0.25, 0.3) is 11.8 Å². The van der Waals surface area contributed by atoms with E-state index in [1.807, 2.05) is 43.3 Å². The van der Waals surface area contributed by atoms with Gasteiger partial charge in [0, 0.05) is 30.4 Å². The SMILES string of the molecule is Cc1ccc(N(C(=O)c2snc(C(N)=O)c2N)[C@H](C(=O)NC[C@@H]2CCCO2)c2ccc3ncccc3c2)cc1. The molecule has 0 aliphatic carbocycles. The number of carbonyl (C=O) groups is 3. The first kappa shape index (κ1) is 26.3. The maximum absolute atomic E-state index is 14.2. The number of carbonyl (C=O) groups excluding carboxylic acids is 3. The molecule has 0 saturated carbocycles. The smallest absolute Gasteiger partial charge is 0.273 e. The zero-order valence-corrected chi connectivity index (χ0v) is 22.1. The number of aromatic nitrogens is 2. The van der Waals surface area contributed by atoms with E-state index in [1.54, 1.807) is 24.4 Å². The van der Waals surface area contributed by atoms with E-state index in [9.17, 15) is 14.4 Å². The Morgan fingerprint density at radius 1 is 1.18 bits per heavy atom. The number of ether oxygens (including phenoxy) is 1. The molecule has 1 aliphatic rings. The summed E-state index contributed by atoms with van der Waals surface area (Å²) < 4.78 is 9.69. The number of primary amides is 1. The van der Waals surface area contributed by atoms with Crippen molar-refractivity contribution in [3.8, 4) is 0 Å². The molecule has 5 rings (SSSR count). The van der Waals surface area contributed by atoms with Crippen molar-refractivity contribution in [3.05, 3.63) is 82.5 Å². The van der Waals surface area contributed by atoms with E-state index in [4.69, 9.17) is 16.2 Å². The molecule has 200 valence electrons. The summed E-state index contributed by atoms with van der Waals surface area (Å²) in [6.07, 6.45) is 3.39. The number of amides is 3. The predicted octanol–water partition coefficient (Wildman–Crippen LogP) is 3.36. The minimum Gasteiger partial charge on any atom is -0.395 e. The summed E-state index contributed by atoms with van der Waals surface area (Å²) in [7, 11) is 0. The minimum atomic E-state index is -1.08. The topological polar surface area (TPSA) is 154 Å². The average molecular weight is 545 g/mol. The van der Waals surface area contributed by atoms with E-state index in [0.717, 1.165) is 40.8 Å². The first-order valence-electron chi connectivity index (χ1n) is 12.5. The van der Waals surface area contributed by atoms with Crippen LogP contribution in [0.5, 0.6) is 0 Å². The number of nitrogen functional groups attached to an aromatic ring is 1. The second-order valence-corrected chi connectivity index (χ2v) is 10.2. The van der Waals surface area contributed by atoms with Crippen LogP contribution in [0.25, 0.3) is 10.9 Å². The number of rotatable bonds is 8. The Morgan fingerprint density at radius 3 is 2.67 bits per heavy atom. The Morgan fingerprint density at radius 2 is 1.97 bits per heavy atom. The molecule has 10 nitrogen and oxygen atoms in total. The van der Waals surface area contributed by atoms with Crippen LogP contribution < -0.4 is 21.7 Å². The van der Waals surface area contributed by atoms with Crippen LogP contribution in [0, 0.1) is 6.92 Å². The lowest BCUT2D eigenvalue weighted by atomic mass is 10.00. The largest absolute Gasteiger partial charge is 0.395 e. The molecule has 2 atom stereocenters. The highest BCUT2D eigenvalue weighted by Crippen LogP contribution is 2.34. The molecule has 1 fully saturated rings. The van der Waals surface area contributed by atoms with Gasteiger partial charge in [0.2, 0.25) is 5.91 Å². The van der Waals surface area contributed by atoms with Crippen LogP contribution in [0.15, 0.2) is 60.8 Å². The number of anilines is 2. The number of nitrogens with zero attached hydrogens (tertiary/aromatic N) is 3. The standard InChI is InChI=1S/C28H28N6O4S/c1-16-6-9-19(10-7-16)34(28(37)25-22(29)23(26(30)35)33-39-25)24(27(36)32-15-20-5-3-13-38-20)18-8-11-21-17(14-18)4-2-12-31-21/h2,4,6-12,14,20,24H,3,5,13,15,29H2,1H3,(H2,30,35)(H,32,36)/t20-,24-/m0/s1. The van der Waals surface area contributed by atoms with Crippen molar-refractivity contribution in [2.45, 2.75) is 31.9 Å². The summed E-state index contributed by atoms with van der Waals surface area (Å²) >= 11 is 0.771. The minimum absolute atomic E-state index is 0.0174. The molecule has 0 bridgehead atoms. The lowest BCUT2D eigenvalue weighted by Gasteiger charge is -2.32. The average Bonchev–Trinajstić information content (AvgIpc) is 3.60. The van der Waals surface area contributed by atoms with Gasteiger partial charge in [-0.05, 0) is 67.2 Å². The molecule has 2 aromatic heterocycles. The van der Waals surface area contributed by atoms with E-state index in [-0.39, 0.29) is 28.3 Å². The van der Waals surface area contributed by atoms with Crippen molar-refractivity contribution >= 4 is 51.5 Å². The summed E-state index contributed by atoms with van der Waals surface area (Å²) in [5.74, 6) is -1.80. The molecule has 0 radical (unpaired) electrons. The third-order valence-electron chi connectivity index (χ3n) is 6.66. The van der Waals surface area contributed by atoms with Crippen molar-refractivity contribution < 1.29 is 19.1 Å². The molecule has 3 heterocycles. The third kappa shape index (κ3) is 5.45. The Kier molecular flexibility index (Phi) is 7.53. The van der Waals surface area contributed by atoms with Gasteiger partial charge in [-0.1, -0.05) is 29.8 Å². The van der Waals surface area contributed by atoms with Crippen molar-refractivity contribution in [2.75, 3.05) is 23.8 Å². The van der Waals surface area contributed by atoms with Crippen LogP contribution in [0.1, 0.15) is 50.2 Å². The fourth-order valence-corrected chi connectivity index (χ4v) is 5.37. The molecule has 11 heteroatoms. The first-order chi connectivity index (χ1) is 18.8. The summed E-state index contributed by atoms with van der Waals surface area (Å²) in [4.78, 5) is 45.7.